The summed E-state index contributed by atoms with van der Waals surface area (Å²) in [6.45, 7) is 2.12. The van der Waals surface area contributed by atoms with Crippen molar-refractivity contribution < 1.29 is 10.2 Å². The fourth-order valence-electron chi connectivity index (χ4n) is 1.93. The van der Waals surface area contributed by atoms with Crippen LogP contribution in [-0.4, -0.2) is 15.8 Å². The summed E-state index contributed by atoms with van der Waals surface area (Å²) in [7, 11) is 0. The summed E-state index contributed by atoms with van der Waals surface area (Å²) in [6.07, 6.45) is 4.34. The first-order chi connectivity index (χ1) is 7.50. The summed E-state index contributed by atoms with van der Waals surface area (Å²) in [4.78, 5) is 0. The van der Waals surface area contributed by atoms with Gasteiger partial charge in [0, 0.05) is 5.54 Å². The van der Waals surface area contributed by atoms with Gasteiger partial charge in [0.05, 0.1) is 0 Å². The lowest BCUT2D eigenvalue weighted by Gasteiger charge is -2.15. The molecule has 88 valence electrons. The predicted octanol–water partition coefficient (Wildman–Crippen LogP) is 2.47. The molecule has 0 radical (unpaired) electrons. The first-order valence-electron chi connectivity index (χ1n) is 5.81. The lowest BCUT2D eigenvalue weighted by Crippen LogP contribution is -2.21. The van der Waals surface area contributed by atoms with E-state index >= 15 is 0 Å². The molecule has 1 aromatic carbocycles. The molecule has 0 aliphatic heterocycles. The molecule has 0 bridgehead atoms. The fraction of sp³-hybridized carbons (Fsp3) is 0.538. The molecular formula is C13H19NO2. The van der Waals surface area contributed by atoms with Crippen LogP contribution in [0.1, 0.15) is 44.1 Å². The van der Waals surface area contributed by atoms with E-state index in [1.165, 1.54) is 6.07 Å². The first-order valence-corrected chi connectivity index (χ1v) is 5.81. The number of hydrogen-bond donors (Lipinski definition) is 3. The Hall–Kier alpha value is -1.22. The minimum Gasteiger partial charge on any atom is -0.504 e. The van der Waals surface area contributed by atoms with Crippen LogP contribution >= 0.6 is 0 Å². The number of phenols is 2. The number of phenolic OH excluding ortho intramolecular Hbond substituents is 2. The molecule has 4 N–H and O–H groups in total. The summed E-state index contributed by atoms with van der Waals surface area (Å²) in [6, 6.07) is 5.03. The third kappa shape index (κ3) is 2.47. The molecule has 1 atom stereocenters. The molecule has 16 heavy (non-hydrogen) atoms. The van der Waals surface area contributed by atoms with Gasteiger partial charge in [-0.3, -0.25) is 0 Å². The maximum Gasteiger partial charge on any atom is 0.157 e. The van der Waals surface area contributed by atoms with E-state index in [-0.39, 0.29) is 17.0 Å². The number of benzene rings is 1. The Balaban J connectivity index is 1.97. The molecule has 3 heteroatoms. The molecule has 0 saturated heterocycles. The second-order valence-corrected chi connectivity index (χ2v) is 5.05. The zero-order valence-electron chi connectivity index (χ0n) is 9.61. The van der Waals surface area contributed by atoms with Crippen LogP contribution in [0.25, 0.3) is 0 Å². The molecule has 3 nitrogen and oxygen atoms in total. The zero-order chi connectivity index (χ0) is 11.8. The van der Waals surface area contributed by atoms with E-state index in [1.54, 1.807) is 6.07 Å². The summed E-state index contributed by atoms with van der Waals surface area (Å²) in [5.41, 5.74) is 7.18. The Labute approximate surface area is 95.9 Å². The SMILES string of the molecule is CC(CCC1(N)CC1)c1ccc(O)c(O)c1. The minimum absolute atomic E-state index is 0.0433. The van der Waals surface area contributed by atoms with Gasteiger partial charge in [0.15, 0.2) is 11.5 Å². The maximum absolute atomic E-state index is 9.41. The quantitative estimate of drug-likeness (QED) is 0.684. The Morgan fingerprint density at radius 2 is 2.00 bits per heavy atom. The molecule has 1 aromatic rings. The maximum atomic E-state index is 9.41. The summed E-state index contributed by atoms with van der Waals surface area (Å²) in [5.74, 6) is 0.263. The fourth-order valence-corrected chi connectivity index (χ4v) is 1.93. The normalized spacial score (nSPS) is 19.4. The van der Waals surface area contributed by atoms with E-state index in [0.29, 0.717) is 5.92 Å². The predicted molar refractivity (Wildman–Crippen MR) is 63.6 cm³/mol. The molecule has 1 unspecified atom stereocenters. The number of hydrogen-bond acceptors (Lipinski definition) is 3. The lowest BCUT2D eigenvalue weighted by molar-refractivity contribution is 0.402. The Bertz CT molecular complexity index is 386. The lowest BCUT2D eigenvalue weighted by atomic mass is 9.93. The topological polar surface area (TPSA) is 66.5 Å². The summed E-state index contributed by atoms with van der Waals surface area (Å²) in [5, 5.41) is 18.6. The van der Waals surface area contributed by atoms with Crippen LogP contribution in [-0.2, 0) is 0 Å². The molecule has 0 aromatic heterocycles. The van der Waals surface area contributed by atoms with Gasteiger partial charge in [0.1, 0.15) is 0 Å². The van der Waals surface area contributed by atoms with Crippen molar-refractivity contribution in [3.63, 3.8) is 0 Å². The molecule has 0 spiro atoms. The van der Waals surface area contributed by atoms with E-state index in [2.05, 4.69) is 6.92 Å². The van der Waals surface area contributed by atoms with Crippen LogP contribution in [0.5, 0.6) is 11.5 Å². The van der Waals surface area contributed by atoms with Gasteiger partial charge in [-0.2, -0.15) is 0 Å². The van der Waals surface area contributed by atoms with Gasteiger partial charge in [-0.25, -0.2) is 0 Å². The molecule has 0 heterocycles. The largest absolute Gasteiger partial charge is 0.504 e. The molecule has 2 rings (SSSR count). The van der Waals surface area contributed by atoms with Crippen molar-refractivity contribution in [2.24, 2.45) is 5.73 Å². The summed E-state index contributed by atoms with van der Waals surface area (Å²) >= 11 is 0. The molecule has 1 fully saturated rings. The van der Waals surface area contributed by atoms with Gasteiger partial charge in [-0.05, 0) is 49.3 Å². The average Bonchev–Trinajstić information content (AvgIpc) is 2.98. The Morgan fingerprint density at radius 3 is 2.56 bits per heavy atom. The van der Waals surface area contributed by atoms with Gasteiger partial charge in [-0.1, -0.05) is 13.0 Å². The highest BCUT2D eigenvalue weighted by molar-refractivity contribution is 5.41. The number of nitrogens with two attached hydrogens (primary N) is 1. The molecule has 1 aliphatic rings. The van der Waals surface area contributed by atoms with Crippen LogP contribution in [0.2, 0.25) is 0 Å². The number of aromatic hydroxyl groups is 2. The molecule has 1 saturated carbocycles. The zero-order valence-corrected chi connectivity index (χ0v) is 9.61. The van der Waals surface area contributed by atoms with Gasteiger partial charge < -0.3 is 15.9 Å². The third-order valence-electron chi connectivity index (χ3n) is 3.54. The highest BCUT2D eigenvalue weighted by Gasteiger charge is 2.37. The van der Waals surface area contributed by atoms with Gasteiger partial charge in [0.2, 0.25) is 0 Å². The van der Waals surface area contributed by atoms with E-state index < -0.39 is 0 Å². The van der Waals surface area contributed by atoms with E-state index in [0.717, 1.165) is 31.2 Å². The highest BCUT2D eigenvalue weighted by Crippen LogP contribution is 2.39. The van der Waals surface area contributed by atoms with E-state index in [1.807, 2.05) is 6.07 Å². The monoisotopic (exact) mass is 221 g/mol. The standard InChI is InChI=1S/C13H19NO2/c1-9(4-5-13(14)6-7-13)10-2-3-11(15)12(16)8-10/h2-3,8-9,15-16H,4-7,14H2,1H3. The molecular weight excluding hydrogens is 202 g/mol. The second kappa shape index (κ2) is 3.98. The van der Waals surface area contributed by atoms with Crippen molar-refractivity contribution in [3.8, 4) is 11.5 Å². The highest BCUT2D eigenvalue weighted by atomic mass is 16.3. The molecule has 1 aliphatic carbocycles. The van der Waals surface area contributed by atoms with Crippen molar-refractivity contribution in [1.29, 1.82) is 0 Å². The third-order valence-corrected chi connectivity index (χ3v) is 3.54. The van der Waals surface area contributed by atoms with Crippen LogP contribution in [0.4, 0.5) is 0 Å². The Morgan fingerprint density at radius 1 is 1.31 bits per heavy atom. The molecule has 0 amide bonds. The van der Waals surface area contributed by atoms with Crippen molar-refractivity contribution >= 4 is 0 Å². The first kappa shape index (κ1) is 11.3. The van der Waals surface area contributed by atoms with Crippen molar-refractivity contribution in [2.45, 2.75) is 44.1 Å². The van der Waals surface area contributed by atoms with Crippen LogP contribution in [0.15, 0.2) is 18.2 Å². The van der Waals surface area contributed by atoms with E-state index in [4.69, 9.17) is 5.73 Å². The number of rotatable bonds is 4. The Kier molecular flexibility index (Phi) is 2.80. The van der Waals surface area contributed by atoms with Gasteiger partial charge in [0.25, 0.3) is 0 Å². The van der Waals surface area contributed by atoms with Crippen LogP contribution in [0, 0.1) is 0 Å². The van der Waals surface area contributed by atoms with Gasteiger partial charge >= 0.3 is 0 Å². The van der Waals surface area contributed by atoms with Crippen LogP contribution in [0.3, 0.4) is 0 Å². The van der Waals surface area contributed by atoms with Crippen molar-refractivity contribution in [1.82, 2.24) is 0 Å². The van der Waals surface area contributed by atoms with Crippen molar-refractivity contribution in [2.75, 3.05) is 0 Å². The average molecular weight is 221 g/mol. The minimum atomic E-state index is -0.0616. The van der Waals surface area contributed by atoms with Gasteiger partial charge in [-0.15, -0.1) is 0 Å². The van der Waals surface area contributed by atoms with E-state index in [9.17, 15) is 10.2 Å². The smallest absolute Gasteiger partial charge is 0.157 e. The second-order valence-electron chi connectivity index (χ2n) is 5.05. The van der Waals surface area contributed by atoms with Crippen LogP contribution < -0.4 is 5.73 Å². The summed E-state index contributed by atoms with van der Waals surface area (Å²) < 4.78 is 0. The van der Waals surface area contributed by atoms with Crippen molar-refractivity contribution in [3.05, 3.63) is 23.8 Å².